The summed E-state index contributed by atoms with van der Waals surface area (Å²) in [7, 11) is 0.446. The van der Waals surface area contributed by atoms with E-state index in [1.807, 2.05) is 0 Å². The molecule has 0 saturated heterocycles. The van der Waals surface area contributed by atoms with Crippen LogP contribution in [0, 0.1) is 0 Å². The summed E-state index contributed by atoms with van der Waals surface area (Å²) in [6.07, 6.45) is -11.8. The minimum absolute atomic E-state index is 0.446. The van der Waals surface area contributed by atoms with Crippen molar-refractivity contribution in [1.29, 1.82) is 0 Å². The highest BCUT2D eigenvalue weighted by atomic mass is 19.4. The second-order valence-electron chi connectivity index (χ2n) is 3.36. The molecule has 0 aliphatic carbocycles. The molecule has 14 heteroatoms. The van der Waals surface area contributed by atoms with E-state index in [-0.39, 0.29) is 0 Å². The van der Waals surface area contributed by atoms with Crippen molar-refractivity contribution in [2.45, 2.75) is 31.1 Å². The number of hydrogen-bond acceptors (Lipinski definition) is 4. The van der Waals surface area contributed by atoms with Gasteiger partial charge < -0.3 is 9.47 Å². The Morgan fingerprint density at radius 2 is 1.04 bits per heavy atom. The summed E-state index contributed by atoms with van der Waals surface area (Å²) in [5, 5.41) is 0. The maximum atomic E-state index is 11.9. The first-order chi connectivity index (χ1) is 9.96. The summed E-state index contributed by atoms with van der Waals surface area (Å²) >= 11 is 0. The highest BCUT2D eigenvalue weighted by Crippen LogP contribution is 2.36. The Kier molecular flexibility index (Phi) is 7.85. The molecule has 138 valence electrons. The molecule has 0 unspecified atom stereocenters. The smallest absolute Gasteiger partial charge is 0.464 e. The molecule has 0 aliphatic rings. The highest BCUT2D eigenvalue weighted by Gasteiger charge is 2.65. The van der Waals surface area contributed by atoms with Crippen LogP contribution in [-0.2, 0) is 19.1 Å². The van der Waals surface area contributed by atoms with Crippen LogP contribution in [0.25, 0.3) is 0 Å². The van der Waals surface area contributed by atoms with Crippen LogP contribution in [0.2, 0.25) is 0 Å². The number of ether oxygens (including phenoxy) is 2. The lowest BCUT2D eigenvalue weighted by Gasteiger charge is -2.16. The fourth-order valence-corrected chi connectivity index (χ4v) is 0.581. The number of rotatable bonds is 3. The Bertz CT molecular complexity index is 412. The Labute approximate surface area is 121 Å². The number of halogens is 10. The van der Waals surface area contributed by atoms with E-state index < -0.39 is 42.7 Å². The molecule has 0 aromatic carbocycles. The van der Waals surface area contributed by atoms with Crippen LogP contribution < -0.4 is 0 Å². The molecule has 0 spiro atoms. The van der Waals surface area contributed by atoms with E-state index in [1.54, 1.807) is 0 Å². The average Bonchev–Trinajstić information content (AvgIpc) is 2.35. The molecule has 0 aromatic rings. The normalized spacial score (nSPS) is 12.9. The van der Waals surface area contributed by atoms with Gasteiger partial charge in [0.2, 0.25) is 0 Å². The lowest BCUT2D eigenvalue weighted by atomic mass is 10.3. The zero-order valence-corrected chi connectivity index (χ0v) is 11.1. The van der Waals surface area contributed by atoms with Gasteiger partial charge in [0.25, 0.3) is 0 Å². The second-order valence-corrected chi connectivity index (χ2v) is 3.36. The second kappa shape index (κ2) is 7.68. The van der Waals surface area contributed by atoms with Gasteiger partial charge in [-0.15, -0.1) is 0 Å². The first-order valence-corrected chi connectivity index (χ1v) is 5.11. The third-order valence-electron chi connectivity index (χ3n) is 1.69. The van der Waals surface area contributed by atoms with Crippen LogP contribution in [0.15, 0.2) is 0 Å². The predicted octanol–water partition coefficient (Wildman–Crippen LogP) is 3.10. The van der Waals surface area contributed by atoms with Crippen molar-refractivity contribution in [3.05, 3.63) is 0 Å². The zero-order valence-electron chi connectivity index (χ0n) is 11.1. The van der Waals surface area contributed by atoms with Crippen LogP contribution in [0.1, 0.15) is 6.92 Å². The monoisotopic (exact) mass is 370 g/mol. The van der Waals surface area contributed by atoms with Gasteiger partial charge in [-0.3, -0.25) is 0 Å². The van der Waals surface area contributed by atoms with Gasteiger partial charge in [0.15, 0.2) is 0 Å². The average molecular weight is 370 g/mol. The summed E-state index contributed by atoms with van der Waals surface area (Å²) in [6.45, 7) is 0.606. The van der Waals surface area contributed by atoms with E-state index in [4.69, 9.17) is 0 Å². The fraction of sp³-hybridized carbons (Fsp3) is 0.778. The van der Waals surface area contributed by atoms with Crippen molar-refractivity contribution >= 4 is 11.9 Å². The number of alkyl halides is 10. The van der Waals surface area contributed by atoms with Crippen molar-refractivity contribution in [3.63, 3.8) is 0 Å². The minimum Gasteiger partial charge on any atom is -0.464 e. The topological polar surface area (TPSA) is 52.6 Å². The molecular formula is C9H8F10O4. The molecular weight excluding hydrogens is 362 g/mol. The van der Waals surface area contributed by atoms with Crippen LogP contribution in [-0.4, -0.2) is 49.9 Å². The van der Waals surface area contributed by atoms with Crippen molar-refractivity contribution in [2.24, 2.45) is 0 Å². The summed E-state index contributed by atoms with van der Waals surface area (Å²) in [5.41, 5.74) is 0. The minimum atomic E-state index is -5.89. The van der Waals surface area contributed by atoms with Gasteiger partial charge in [0.1, 0.15) is 0 Å². The maximum Gasteiger partial charge on any atom is 0.465 e. The number of esters is 2. The number of carbonyl (C=O) groups excluding carboxylic acids is 2. The Morgan fingerprint density at radius 1 is 0.739 bits per heavy atom. The van der Waals surface area contributed by atoms with E-state index in [9.17, 15) is 53.5 Å². The first kappa shape index (κ1) is 23.5. The lowest BCUT2D eigenvalue weighted by Crippen LogP contribution is -2.45. The SMILES string of the molecule is CCOC(=O)C(F)(F)C(F)(F)F.COC(=O)C(F)(F)C(F)(F)F. The number of hydrogen-bond donors (Lipinski definition) is 0. The fourth-order valence-electron chi connectivity index (χ4n) is 0.581. The molecule has 0 amide bonds. The van der Waals surface area contributed by atoms with Gasteiger partial charge in [-0.25, -0.2) is 9.59 Å². The van der Waals surface area contributed by atoms with Crippen molar-refractivity contribution < 1.29 is 63.0 Å². The molecule has 0 rings (SSSR count). The molecule has 0 saturated carbocycles. The maximum absolute atomic E-state index is 11.9. The van der Waals surface area contributed by atoms with E-state index in [0.29, 0.717) is 7.11 Å². The molecule has 0 heterocycles. The lowest BCUT2D eigenvalue weighted by molar-refractivity contribution is -0.280. The van der Waals surface area contributed by atoms with Crippen LogP contribution in [0.4, 0.5) is 43.9 Å². The van der Waals surface area contributed by atoms with Gasteiger partial charge in [-0.1, -0.05) is 0 Å². The Balaban J connectivity index is 0. The van der Waals surface area contributed by atoms with E-state index >= 15 is 0 Å². The molecule has 0 N–H and O–H groups in total. The molecule has 0 fully saturated rings. The van der Waals surface area contributed by atoms with Crippen molar-refractivity contribution in [1.82, 2.24) is 0 Å². The number of carbonyl (C=O) groups is 2. The molecule has 23 heavy (non-hydrogen) atoms. The largest absolute Gasteiger partial charge is 0.465 e. The summed E-state index contributed by atoms with van der Waals surface area (Å²) < 4.78 is 122. The third kappa shape index (κ3) is 6.09. The van der Waals surface area contributed by atoms with E-state index in [2.05, 4.69) is 9.47 Å². The molecule has 0 atom stereocenters. The zero-order chi connectivity index (χ0) is 19.3. The third-order valence-corrected chi connectivity index (χ3v) is 1.69. The van der Waals surface area contributed by atoms with Crippen molar-refractivity contribution in [3.8, 4) is 0 Å². The van der Waals surface area contributed by atoms with Crippen LogP contribution in [0.5, 0.6) is 0 Å². The van der Waals surface area contributed by atoms with E-state index in [1.165, 1.54) is 0 Å². The molecule has 0 radical (unpaired) electrons. The Morgan fingerprint density at radius 3 is 1.22 bits per heavy atom. The van der Waals surface area contributed by atoms with Crippen LogP contribution in [0.3, 0.4) is 0 Å². The van der Waals surface area contributed by atoms with Gasteiger partial charge >= 0.3 is 36.1 Å². The Hall–Kier alpha value is -1.76. The van der Waals surface area contributed by atoms with Crippen molar-refractivity contribution in [2.75, 3.05) is 13.7 Å². The number of methoxy groups -OCH3 is 1. The van der Waals surface area contributed by atoms with Gasteiger partial charge in [-0.05, 0) is 6.92 Å². The first-order valence-electron chi connectivity index (χ1n) is 5.11. The highest BCUT2D eigenvalue weighted by molar-refractivity contribution is 5.78. The molecule has 0 aromatic heterocycles. The molecule has 4 nitrogen and oxygen atoms in total. The summed E-state index contributed by atoms with van der Waals surface area (Å²) in [5.74, 6) is -16.0. The molecule has 0 aliphatic heterocycles. The summed E-state index contributed by atoms with van der Waals surface area (Å²) in [6, 6.07) is 0. The van der Waals surface area contributed by atoms with E-state index in [0.717, 1.165) is 6.92 Å². The predicted molar refractivity (Wildman–Crippen MR) is 50.7 cm³/mol. The molecule has 0 bridgehead atoms. The van der Waals surface area contributed by atoms with Gasteiger partial charge in [0, 0.05) is 0 Å². The quantitative estimate of drug-likeness (QED) is 0.566. The van der Waals surface area contributed by atoms with Gasteiger partial charge in [-0.2, -0.15) is 43.9 Å². The summed E-state index contributed by atoms with van der Waals surface area (Å²) in [4.78, 5) is 19.8. The standard InChI is InChI=1S/C5H5F5O2.C4H3F5O2/c1-2-12-3(11)4(6,7)5(8,9)10;1-11-2(10)3(5,6)4(7,8)9/h2H2,1H3;1H3. The van der Waals surface area contributed by atoms with Crippen LogP contribution >= 0.6 is 0 Å². The van der Waals surface area contributed by atoms with Gasteiger partial charge in [0.05, 0.1) is 13.7 Å².